The van der Waals surface area contributed by atoms with Crippen LogP contribution >= 0.6 is 55.1 Å². The standard InChI is InChI=1S/C24H34Br2Cl2OSi2/c1-23(2,15-17-9-11-19(25)21(27)13-17)30(5,6)29-31(7,8)24(3,4)16-18-10-12-20(26)22(28)14-18/h9-14H,15-16H2,1-8H3. The van der Waals surface area contributed by atoms with Gasteiger partial charge in [0.25, 0.3) is 0 Å². The molecular weight excluding hydrogens is 591 g/mol. The van der Waals surface area contributed by atoms with E-state index < -0.39 is 16.6 Å². The van der Waals surface area contributed by atoms with E-state index in [-0.39, 0.29) is 10.1 Å². The second-order valence-electron chi connectivity index (χ2n) is 10.7. The fourth-order valence-corrected chi connectivity index (χ4v) is 13.1. The molecule has 7 heteroatoms. The summed E-state index contributed by atoms with van der Waals surface area (Å²) in [5.41, 5.74) is 2.51. The third-order valence-electron chi connectivity index (χ3n) is 7.03. The van der Waals surface area contributed by atoms with Crippen molar-refractivity contribution in [3.8, 4) is 0 Å². The Hall–Kier alpha value is 0.374. The summed E-state index contributed by atoms with van der Waals surface area (Å²) in [6, 6.07) is 12.5. The van der Waals surface area contributed by atoms with Gasteiger partial charge in [-0.15, -0.1) is 0 Å². The van der Waals surface area contributed by atoms with Crippen LogP contribution in [0.25, 0.3) is 0 Å². The molecule has 2 rings (SSSR count). The van der Waals surface area contributed by atoms with E-state index in [1.807, 2.05) is 12.1 Å². The Morgan fingerprint density at radius 3 is 1.32 bits per heavy atom. The molecule has 2 aromatic rings. The summed E-state index contributed by atoms with van der Waals surface area (Å²) < 4.78 is 9.07. The zero-order valence-corrected chi connectivity index (χ0v) is 26.5. The molecule has 0 N–H and O–H groups in total. The molecule has 0 unspecified atom stereocenters. The lowest BCUT2D eigenvalue weighted by atomic mass is 10.0. The number of rotatable bonds is 8. The van der Waals surface area contributed by atoms with Crippen LogP contribution < -0.4 is 0 Å². The molecule has 2 aromatic carbocycles. The van der Waals surface area contributed by atoms with Crippen LogP contribution in [0.3, 0.4) is 0 Å². The molecule has 0 aromatic heterocycles. The molecule has 1 nitrogen and oxygen atoms in total. The molecule has 0 saturated heterocycles. The summed E-state index contributed by atoms with van der Waals surface area (Å²) in [7, 11) is -4.11. The van der Waals surface area contributed by atoms with Crippen molar-refractivity contribution in [2.24, 2.45) is 0 Å². The van der Waals surface area contributed by atoms with E-state index in [1.54, 1.807) is 0 Å². The SMILES string of the molecule is CC(C)(Cc1ccc(Br)c(Cl)c1)[Si](C)(C)O[Si](C)(C)C(C)(C)Cc1ccc(Br)c(Cl)c1. The molecule has 31 heavy (non-hydrogen) atoms. The fourth-order valence-electron chi connectivity index (χ4n) is 3.66. The predicted octanol–water partition coefficient (Wildman–Crippen LogP) is 10.3. The molecular formula is C24H34Br2Cl2OSi2. The quantitative estimate of drug-likeness (QED) is 0.266. The maximum absolute atomic E-state index is 7.20. The lowest BCUT2D eigenvalue weighted by molar-refractivity contribution is 0.427. The Labute approximate surface area is 217 Å². The summed E-state index contributed by atoms with van der Waals surface area (Å²) >= 11 is 19.7. The molecule has 0 saturated carbocycles. The summed E-state index contributed by atoms with van der Waals surface area (Å²) in [6.45, 7) is 18.9. The largest absolute Gasteiger partial charge is 0.455 e. The van der Waals surface area contributed by atoms with Crippen LogP contribution in [0.4, 0.5) is 0 Å². The van der Waals surface area contributed by atoms with Crippen LogP contribution in [0.1, 0.15) is 38.8 Å². The van der Waals surface area contributed by atoms with E-state index in [1.165, 1.54) is 11.1 Å². The molecule has 0 spiro atoms. The molecule has 0 aliphatic heterocycles. The van der Waals surface area contributed by atoms with Crippen molar-refractivity contribution in [3.05, 3.63) is 66.5 Å². The summed E-state index contributed by atoms with van der Waals surface area (Å²) in [6.07, 6.45) is 1.90. The van der Waals surface area contributed by atoms with Crippen LogP contribution in [0.15, 0.2) is 45.3 Å². The second-order valence-corrected chi connectivity index (χ2v) is 22.8. The first-order valence-electron chi connectivity index (χ1n) is 10.6. The van der Waals surface area contributed by atoms with Gasteiger partial charge in [-0.3, -0.25) is 0 Å². The third kappa shape index (κ3) is 6.71. The first kappa shape index (κ1) is 27.6. The van der Waals surface area contributed by atoms with Crippen LogP contribution in [0.5, 0.6) is 0 Å². The first-order valence-corrected chi connectivity index (χ1v) is 18.7. The minimum absolute atomic E-state index is 0.0609. The molecule has 0 aliphatic rings. The molecule has 172 valence electrons. The molecule has 0 bridgehead atoms. The topological polar surface area (TPSA) is 9.23 Å². The van der Waals surface area contributed by atoms with Crippen LogP contribution in [-0.2, 0) is 17.0 Å². The van der Waals surface area contributed by atoms with Gasteiger partial charge in [0, 0.05) is 8.95 Å². The number of halogens is 4. The predicted molar refractivity (Wildman–Crippen MR) is 150 cm³/mol. The van der Waals surface area contributed by atoms with E-state index in [9.17, 15) is 0 Å². The van der Waals surface area contributed by atoms with E-state index in [4.69, 9.17) is 27.3 Å². The minimum Gasteiger partial charge on any atom is -0.455 e. The van der Waals surface area contributed by atoms with Gasteiger partial charge in [0.05, 0.1) is 10.0 Å². The lowest BCUT2D eigenvalue weighted by Crippen LogP contribution is -2.55. The van der Waals surface area contributed by atoms with Crippen LogP contribution in [0, 0.1) is 0 Å². The van der Waals surface area contributed by atoms with Gasteiger partial charge in [0.15, 0.2) is 16.6 Å². The van der Waals surface area contributed by atoms with Crippen LogP contribution in [-0.4, -0.2) is 16.6 Å². The van der Waals surface area contributed by atoms with Gasteiger partial charge in [-0.05, 0) is 116 Å². The van der Waals surface area contributed by atoms with E-state index in [0.29, 0.717) is 0 Å². The molecule has 0 aliphatic carbocycles. The van der Waals surface area contributed by atoms with Gasteiger partial charge >= 0.3 is 0 Å². The van der Waals surface area contributed by atoms with Crippen molar-refractivity contribution < 1.29 is 4.12 Å². The maximum atomic E-state index is 7.20. The Morgan fingerprint density at radius 2 is 1.03 bits per heavy atom. The zero-order chi connectivity index (χ0) is 23.8. The summed E-state index contributed by atoms with van der Waals surface area (Å²) in [4.78, 5) is 0. The molecule has 0 fully saturated rings. The second kappa shape index (κ2) is 9.93. The van der Waals surface area contributed by atoms with Crippen LogP contribution in [0.2, 0.25) is 46.3 Å². The van der Waals surface area contributed by atoms with Gasteiger partial charge < -0.3 is 4.12 Å². The zero-order valence-electron chi connectivity index (χ0n) is 19.8. The summed E-state index contributed by atoms with van der Waals surface area (Å²) in [5, 5.41) is 1.65. The molecule has 0 atom stereocenters. The van der Waals surface area contributed by atoms with E-state index in [0.717, 1.165) is 31.8 Å². The van der Waals surface area contributed by atoms with Crippen molar-refractivity contribution in [3.63, 3.8) is 0 Å². The van der Waals surface area contributed by atoms with E-state index >= 15 is 0 Å². The van der Waals surface area contributed by atoms with Crippen molar-refractivity contribution in [2.45, 2.75) is 76.8 Å². The Balaban J connectivity index is 2.22. The highest BCUT2D eigenvalue weighted by molar-refractivity contribution is 9.10. The normalized spacial score (nSPS) is 13.5. The maximum Gasteiger partial charge on any atom is 0.179 e. The lowest BCUT2D eigenvalue weighted by Gasteiger charge is -2.49. The minimum atomic E-state index is -2.05. The number of hydrogen-bond acceptors (Lipinski definition) is 1. The first-order chi connectivity index (χ1) is 14.0. The summed E-state index contributed by atoms with van der Waals surface area (Å²) in [5.74, 6) is 0. The van der Waals surface area contributed by atoms with Gasteiger partial charge in [-0.1, -0.05) is 63.0 Å². The number of hydrogen-bond donors (Lipinski definition) is 0. The average molecular weight is 625 g/mol. The highest BCUT2D eigenvalue weighted by Crippen LogP contribution is 2.48. The van der Waals surface area contributed by atoms with Gasteiger partial charge in [0.2, 0.25) is 0 Å². The fraction of sp³-hybridized carbons (Fsp3) is 0.500. The third-order valence-corrected chi connectivity index (χ3v) is 20.5. The van der Waals surface area contributed by atoms with Gasteiger partial charge in [-0.2, -0.15) is 0 Å². The number of benzene rings is 2. The average Bonchev–Trinajstić information content (AvgIpc) is 2.59. The highest BCUT2D eigenvalue weighted by atomic mass is 79.9. The van der Waals surface area contributed by atoms with Crippen molar-refractivity contribution in [2.75, 3.05) is 0 Å². The highest BCUT2D eigenvalue weighted by Gasteiger charge is 2.49. The van der Waals surface area contributed by atoms with Gasteiger partial charge in [0.1, 0.15) is 0 Å². The van der Waals surface area contributed by atoms with E-state index in [2.05, 4.69) is 110 Å². The van der Waals surface area contributed by atoms with Crippen molar-refractivity contribution in [1.29, 1.82) is 0 Å². The molecule has 0 radical (unpaired) electrons. The van der Waals surface area contributed by atoms with Crippen molar-refractivity contribution >= 4 is 71.7 Å². The monoisotopic (exact) mass is 622 g/mol. The smallest absolute Gasteiger partial charge is 0.179 e. The Bertz CT molecular complexity index is 868. The Morgan fingerprint density at radius 1 is 0.710 bits per heavy atom. The Kier molecular flexibility index (Phi) is 8.85. The van der Waals surface area contributed by atoms with Crippen molar-refractivity contribution in [1.82, 2.24) is 0 Å². The molecule has 0 amide bonds. The van der Waals surface area contributed by atoms with Gasteiger partial charge in [-0.25, -0.2) is 0 Å². The molecule has 0 heterocycles.